The Labute approximate surface area is 544 Å². The van der Waals surface area contributed by atoms with E-state index in [4.69, 9.17) is 9.97 Å². The van der Waals surface area contributed by atoms with Crippen molar-refractivity contribution in [3.63, 3.8) is 0 Å². The molecule has 0 radical (unpaired) electrons. The summed E-state index contributed by atoms with van der Waals surface area (Å²) in [6.07, 6.45) is 4.47. The van der Waals surface area contributed by atoms with Gasteiger partial charge in [-0.2, -0.15) is 0 Å². The van der Waals surface area contributed by atoms with Gasteiger partial charge in [0, 0.05) is 77.8 Å². The number of nitrogens with zero attached hydrogens (tertiary/aromatic N) is 6. The Balaban J connectivity index is 1.31. The molecule has 0 amide bonds. The molecule has 8 aromatic carbocycles. The number of nitrogens with one attached hydrogen (secondary N) is 2. The van der Waals surface area contributed by atoms with Gasteiger partial charge in [0.1, 0.15) is 26.2 Å². The summed E-state index contributed by atoms with van der Waals surface area (Å²) in [6, 6.07) is 85.4. The van der Waals surface area contributed by atoms with Gasteiger partial charge in [0.2, 0.25) is 0 Å². The van der Waals surface area contributed by atoms with Crippen LogP contribution in [0.15, 0.2) is 231 Å². The number of benzene rings is 8. The highest BCUT2D eigenvalue weighted by Gasteiger charge is 2.33. The Hall–Kier alpha value is -9.80. The summed E-state index contributed by atoms with van der Waals surface area (Å²) in [5.41, 5.74) is 29.1. The standard InChI is InChI=1S/C84H86N8/c1-89(2,3)53-57-33-41-65(42-34-57)73-69-49-51-71(85-69)74(66-43-35-58(36-44-66)54-90(4,5)6)81-76(61-25-17-13-18-26-61)78(63-29-21-15-22-30-63)83(87-81)80(68-47-39-60(40-48-68)56-92(10,11)12)84-79(64-31-23-16-24-32-64)77(62-27-19-14-20-28-62)82(88-84)75(72-52-50-70(73)86-72)67-45-37-59(38-46-67)55-91(7,8)9/h13-52,85,88H,53-56H2,1-12H3/q+4. The molecule has 0 spiro atoms. The molecule has 2 aliphatic rings. The van der Waals surface area contributed by atoms with Crippen LogP contribution in [0.4, 0.5) is 0 Å². The number of hydrogen-bond donors (Lipinski definition) is 2. The van der Waals surface area contributed by atoms with Gasteiger partial charge >= 0.3 is 0 Å². The first-order valence-electron chi connectivity index (χ1n) is 32.2. The summed E-state index contributed by atoms with van der Waals surface area (Å²) >= 11 is 0. The molecule has 2 N–H and O–H groups in total. The molecule has 8 bridgehead atoms. The van der Waals surface area contributed by atoms with Crippen LogP contribution in [-0.4, -0.2) is 122 Å². The molecule has 0 atom stereocenters. The monoisotopic (exact) mass is 1210 g/mol. The number of aromatic nitrogens is 4. The smallest absolute Gasteiger partial charge is 0.104 e. The third-order valence-electron chi connectivity index (χ3n) is 17.1. The zero-order chi connectivity index (χ0) is 64.1. The molecule has 2 aliphatic heterocycles. The van der Waals surface area contributed by atoms with Gasteiger partial charge in [0.05, 0.1) is 118 Å². The summed E-state index contributed by atoms with van der Waals surface area (Å²) in [4.78, 5) is 20.9. The van der Waals surface area contributed by atoms with Crippen molar-refractivity contribution in [1.29, 1.82) is 0 Å². The van der Waals surface area contributed by atoms with Crippen LogP contribution in [0.2, 0.25) is 0 Å². The highest BCUT2D eigenvalue weighted by atomic mass is 15.3. The highest BCUT2D eigenvalue weighted by molar-refractivity contribution is 6.17. The topological polar surface area (TPSA) is 57.4 Å². The zero-order valence-corrected chi connectivity index (χ0v) is 55.6. The normalized spacial score (nSPS) is 12.9. The fourth-order valence-corrected chi connectivity index (χ4v) is 13.6. The Kier molecular flexibility index (Phi) is 16.2. The van der Waals surface area contributed by atoms with E-state index in [2.05, 4.69) is 337 Å². The summed E-state index contributed by atoms with van der Waals surface area (Å²) in [5.74, 6) is 0. The number of hydrogen-bond acceptors (Lipinski definition) is 2. The molecule has 0 unspecified atom stereocenters. The SMILES string of the molecule is C[N+](C)(C)Cc1ccc(-c2c3nc(c(-c4ccc(C[N+](C)(C)C)cc4)c4[nH]c(c(-c5ccc(C[N+](C)(C)C)cc5)c5nc(c(-c6ccc(C[N+](C)(C)C)cc6)c6ccc2[nH]6)C(c2ccccc2)=C5c2ccccc2)c(-c2ccccc2)c4-c2ccccc2)C=C3)cc1. The highest BCUT2D eigenvalue weighted by Crippen LogP contribution is 2.52. The van der Waals surface area contributed by atoms with E-state index in [1.807, 2.05) is 0 Å². The molecular weight excluding hydrogens is 1120 g/mol. The number of aromatic amines is 2. The maximum Gasteiger partial charge on any atom is 0.104 e. The molecule has 11 aromatic rings. The predicted molar refractivity (Wildman–Crippen MR) is 387 cm³/mol. The first kappa shape index (κ1) is 61.1. The van der Waals surface area contributed by atoms with E-state index >= 15 is 0 Å². The van der Waals surface area contributed by atoms with Crippen LogP contribution in [-0.2, 0) is 26.2 Å². The lowest BCUT2D eigenvalue weighted by Gasteiger charge is -2.24. The molecule has 0 aliphatic carbocycles. The molecule has 3 aromatic heterocycles. The molecule has 0 fully saturated rings. The van der Waals surface area contributed by atoms with E-state index in [0.29, 0.717) is 0 Å². The maximum absolute atomic E-state index is 6.37. The van der Waals surface area contributed by atoms with Crippen LogP contribution in [0.1, 0.15) is 56.2 Å². The minimum absolute atomic E-state index is 0.797. The Morgan fingerprint density at radius 3 is 0.902 bits per heavy atom. The first-order chi connectivity index (χ1) is 44.1. The average molecular weight is 1210 g/mol. The summed E-state index contributed by atoms with van der Waals surface area (Å²) in [5, 5.41) is 0. The number of quaternary nitrogens is 4. The second kappa shape index (κ2) is 24.4. The third kappa shape index (κ3) is 13.1. The molecule has 458 valence electrons. The Morgan fingerprint density at radius 1 is 0.250 bits per heavy atom. The lowest BCUT2D eigenvalue weighted by molar-refractivity contribution is -0.884. The van der Waals surface area contributed by atoms with Crippen molar-refractivity contribution in [1.82, 2.24) is 19.9 Å². The molecule has 8 nitrogen and oxygen atoms in total. The largest absolute Gasteiger partial charge is 0.354 e. The van der Waals surface area contributed by atoms with E-state index in [1.54, 1.807) is 0 Å². The molecule has 0 saturated heterocycles. The van der Waals surface area contributed by atoms with Gasteiger partial charge in [-0.05, 0) is 68.8 Å². The maximum atomic E-state index is 6.37. The summed E-state index contributed by atoms with van der Waals surface area (Å²) in [6.45, 7) is 3.53. The molecule has 92 heavy (non-hydrogen) atoms. The fourth-order valence-electron chi connectivity index (χ4n) is 13.6. The van der Waals surface area contributed by atoms with Crippen molar-refractivity contribution in [3.05, 3.63) is 287 Å². The average Bonchev–Trinajstić information content (AvgIpc) is 1.56. The minimum Gasteiger partial charge on any atom is -0.354 e. The van der Waals surface area contributed by atoms with E-state index < -0.39 is 0 Å². The Morgan fingerprint density at radius 2 is 0.533 bits per heavy atom. The van der Waals surface area contributed by atoms with Gasteiger partial charge in [-0.3, -0.25) is 0 Å². The van der Waals surface area contributed by atoms with Crippen LogP contribution in [0, 0.1) is 0 Å². The summed E-state index contributed by atoms with van der Waals surface area (Å²) < 4.78 is 3.24. The van der Waals surface area contributed by atoms with Crippen LogP contribution in [0.5, 0.6) is 0 Å². The van der Waals surface area contributed by atoms with Crippen LogP contribution in [0.3, 0.4) is 0 Å². The van der Waals surface area contributed by atoms with Gasteiger partial charge in [-0.1, -0.05) is 218 Å². The third-order valence-corrected chi connectivity index (χ3v) is 17.1. The van der Waals surface area contributed by atoms with Crippen molar-refractivity contribution in [3.8, 4) is 66.8 Å². The second-order valence-electron chi connectivity index (χ2n) is 29.2. The lowest BCUT2D eigenvalue weighted by Crippen LogP contribution is -2.33. The van der Waals surface area contributed by atoms with E-state index in [1.165, 1.54) is 22.3 Å². The van der Waals surface area contributed by atoms with Gasteiger partial charge in [-0.25, -0.2) is 9.97 Å². The lowest BCUT2D eigenvalue weighted by atomic mass is 9.86. The van der Waals surface area contributed by atoms with Crippen molar-refractivity contribution in [2.75, 3.05) is 84.6 Å². The number of rotatable bonds is 16. The number of fused-ring (bicyclic) bond motifs is 8. The van der Waals surface area contributed by atoms with Crippen molar-refractivity contribution in [2.24, 2.45) is 0 Å². The zero-order valence-electron chi connectivity index (χ0n) is 55.6. The first-order valence-corrected chi connectivity index (χ1v) is 32.2. The van der Waals surface area contributed by atoms with Crippen molar-refractivity contribution < 1.29 is 17.9 Å². The van der Waals surface area contributed by atoms with Crippen LogP contribution < -0.4 is 0 Å². The minimum atomic E-state index is 0.797. The van der Waals surface area contributed by atoms with Gasteiger partial charge in [0.25, 0.3) is 0 Å². The van der Waals surface area contributed by atoms with E-state index in [0.717, 1.165) is 178 Å². The predicted octanol–water partition coefficient (Wildman–Crippen LogP) is 18.3. The van der Waals surface area contributed by atoms with Crippen LogP contribution in [0.25, 0.3) is 112 Å². The van der Waals surface area contributed by atoms with E-state index in [9.17, 15) is 0 Å². The van der Waals surface area contributed by atoms with E-state index in [-0.39, 0.29) is 0 Å². The van der Waals surface area contributed by atoms with Gasteiger partial charge in [-0.15, -0.1) is 0 Å². The van der Waals surface area contributed by atoms with Crippen molar-refractivity contribution in [2.45, 2.75) is 26.2 Å². The molecule has 0 saturated carbocycles. The van der Waals surface area contributed by atoms with Gasteiger partial charge in [0.15, 0.2) is 0 Å². The molecule has 8 heteroatoms. The quantitative estimate of drug-likeness (QED) is 0.0947. The van der Waals surface area contributed by atoms with Crippen LogP contribution >= 0.6 is 0 Å². The van der Waals surface area contributed by atoms with Crippen molar-refractivity contribution >= 4 is 45.4 Å². The summed E-state index contributed by atoms with van der Waals surface area (Å²) in [7, 11) is 27.0. The fraction of sp³-hybridized carbons (Fsp3) is 0.190. The number of H-pyrrole nitrogens is 2. The second-order valence-corrected chi connectivity index (χ2v) is 29.2. The molecule has 13 rings (SSSR count). The molecular formula is C84H86N8+4. The van der Waals surface area contributed by atoms with Gasteiger partial charge < -0.3 is 27.9 Å². The molecule has 5 heterocycles. The Bertz CT molecular complexity index is 4740.